The molecule has 80 valence electrons. The fraction of sp³-hybridized carbons (Fsp3) is 0.286. The molecule has 4 nitrogen and oxygen atoms in total. The van der Waals surface area contributed by atoms with E-state index in [1.165, 1.54) is 12.3 Å². The molecule has 0 saturated heterocycles. The number of halogens is 4. The van der Waals surface area contributed by atoms with E-state index in [0.29, 0.717) is 5.52 Å². The van der Waals surface area contributed by atoms with Crippen LogP contribution in [0, 0.1) is 0 Å². The summed E-state index contributed by atoms with van der Waals surface area (Å²) in [5, 5.41) is 7.09. The summed E-state index contributed by atoms with van der Waals surface area (Å²) in [4.78, 5) is 3.67. The van der Waals surface area contributed by atoms with Crippen molar-refractivity contribution in [3.8, 4) is 0 Å². The van der Waals surface area contributed by atoms with E-state index >= 15 is 0 Å². The van der Waals surface area contributed by atoms with Crippen molar-refractivity contribution >= 4 is 22.6 Å². The van der Waals surface area contributed by atoms with Crippen LogP contribution >= 0.6 is 11.6 Å². The molecular formula is C7H4ClF3N4. The number of nitrogens with zero attached hydrogens (tertiary/aromatic N) is 4. The molecule has 0 aromatic carbocycles. The van der Waals surface area contributed by atoms with Crippen LogP contribution in [0.25, 0.3) is 11.0 Å². The van der Waals surface area contributed by atoms with E-state index in [-0.39, 0.29) is 10.7 Å². The Morgan fingerprint density at radius 3 is 2.80 bits per heavy atom. The lowest BCUT2D eigenvalue weighted by atomic mass is 10.4. The molecule has 0 aliphatic rings. The largest absolute Gasteiger partial charge is 0.408 e. The standard InChI is InChI=1S/C7H4ClF3N4/c8-6-1-4-5(2-12-6)15(14-13-4)3-7(9,10)11/h1-2H,3H2. The summed E-state index contributed by atoms with van der Waals surface area (Å²) in [6, 6.07) is 1.36. The number of alkyl halides is 3. The van der Waals surface area contributed by atoms with Gasteiger partial charge in [-0.2, -0.15) is 13.2 Å². The fourth-order valence-electron chi connectivity index (χ4n) is 1.13. The summed E-state index contributed by atoms with van der Waals surface area (Å²) in [5.41, 5.74) is 0.496. The summed E-state index contributed by atoms with van der Waals surface area (Å²) >= 11 is 5.55. The van der Waals surface area contributed by atoms with Crippen molar-refractivity contribution < 1.29 is 13.2 Å². The minimum atomic E-state index is -4.33. The van der Waals surface area contributed by atoms with E-state index < -0.39 is 12.7 Å². The predicted molar refractivity (Wildman–Crippen MR) is 46.4 cm³/mol. The van der Waals surface area contributed by atoms with Crippen molar-refractivity contribution in [1.29, 1.82) is 0 Å². The molecule has 0 N–H and O–H groups in total. The van der Waals surface area contributed by atoms with E-state index in [1.807, 2.05) is 0 Å². The Bertz CT molecular complexity index is 492. The van der Waals surface area contributed by atoms with E-state index in [2.05, 4.69) is 15.3 Å². The van der Waals surface area contributed by atoms with Crippen LogP contribution in [-0.2, 0) is 6.54 Å². The van der Waals surface area contributed by atoms with Crippen molar-refractivity contribution in [1.82, 2.24) is 20.0 Å². The lowest BCUT2D eigenvalue weighted by Crippen LogP contribution is -2.18. The Hall–Kier alpha value is -1.37. The van der Waals surface area contributed by atoms with Crippen molar-refractivity contribution in [2.24, 2.45) is 0 Å². The van der Waals surface area contributed by atoms with Gasteiger partial charge in [-0.3, -0.25) is 0 Å². The quantitative estimate of drug-likeness (QED) is 0.712. The molecular weight excluding hydrogens is 233 g/mol. The Kier molecular flexibility index (Phi) is 2.26. The van der Waals surface area contributed by atoms with Crippen LogP contribution in [0.15, 0.2) is 12.3 Å². The van der Waals surface area contributed by atoms with Crippen molar-refractivity contribution in [3.05, 3.63) is 17.4 Å². The van der Waals surface area contributed by atoms with Gasteiger partial charge in [0.2, 0.25) is 0 Å². The topological polar surface area (TPSA) is 43.6 Å². The monoisotopic (exact) mass is 236 g/mol. The number of aromatic nitrogens is 4. The highest BCUT2D eigenvalue weighted by Crippen LogP contribution is 2.20. The molecule has 15 heavy (non-hydrogen) atoms. The Morgan fingerprint density at radius 2 is 2.13 bits per heavy atom. The highest BCUT2D eigenvalue weighted by molar-refractivity contribution is 6.29. The highest BCUT2D eigenvalue weighted by atomic mass is 35.5. The predicted octanol–water partition coefficient (Wildman–Crippen LogP) is 2.04. The van der Waals surface area contributed by atoms with Crippen LogP contribution in [-0.4, -0.2) is 26.2 Å². The molecule has 2 aromatic rings. The van der Waals surface area contributed by atoms with Gasteiger partial charge in [0.1, 0.15) is 22.7 Å². The average molecular weight is 237 g/mol. The molecule has 0 unspecified atom stereocenters. The summed E-state index contributed by atoms with van der Waals surface area (Å²) < 4.78 is 37.0. The van der Waals surface area contributed by atoms with Gasteiger partial charge in [-0.1, -0.05) is 16.8 Å². The van der Waals surface area contributed by atoms with E-state index in [9.17, 15) is 13.2 Å². The first kappa shape index (κ1) is 10.2. The van der Waals surface area contributed by atoms with Crippen molar-refractivity contribution in [2.75, 3.05) is 0 Å². The van der Waals surface area contributed by atoms with Gasteiger partial charge in [0.25, 0.3) is 0 Å². The Balaban J connectivity index is 2.45. The van der Waals surface area contributed by atoms with Crippen LogP contribution in [0.3, 0.4) is 0 Å². The Morgan fingerprint density at radius 1 is 1.40 bits per heavy atom. The number of hydrogen-bond donors (Lipinski definition) is 0. The molecule has 0 amide bonds. The van der Waals surface area contributed by atoms with Gasteiger partial charge in [-0.25, -0.2) is 9.67 Å². The van der Waals surface area contributed by atoms with E-state index in [1.54, 1.807) is 0 Å². The molecule has 0 radical (unpaired) electrons. The van der Waals surface area contributed by atoms with E-state index in [4.69, 9.17) is 11.6 Å². The van der Waals surface area contributed by atoms with Gasteiger partial charge < -0.3 is 0 Å². The van der Waals surface area contributed by atoms with Gasteiger partial charge in [0.05, 0.1) is 6.20 Å². The Labute approximate surface area is 86.7 Å². The van der Waals surface area contributed by atoms with Gasteiger partial charge in [0.15, 0.2) is 0 Å². The third-order valence-electron chi connectivity index (χ3n) is 1.70. The minimum Gasteiger partial charge on any atom is -0.242 e. The highest BCUT2D eigenvalue weighted by Gasteiger charge is 2.29. The maximum Gasteiger partial charge on any atom is 0.408 e. The smallest absolute Gasteiger partial charge is 0.242 e. The second kappa shape index (κ2) is 3.34. The maximum absolute atomic E-state index is 12.1. The first-order valence-corrected chi connectivity index (χ1v) is 4.25. The van der Waals surface area contributed by atoms with Gasteiger partial charge >= 0.3 is 6.18 Å². The van der Waals surface area contributed by atoms with Crippen LogP contribution in [0.4, 0.5) is 13.2 Å². The van der Waals surface area contributed by atoms with Crippen LogP contribution in [0.1, 0.15) is 0 Å². The zero-order chi connectivity index (χ0) is 11.1. The van der Waals surface area contributed by atoms with Gasteiger partial charge in [0, 0.05) is 6.07 Å². The van der Waals surface area contributed by atoms with Crippen LogP contribution in [0.2, 0.25) is 5.15 Å². The van der Waals surface area contributed by atoms with Crippen molar-refractivity contribution in [2.45, 2.75) is 12.7 Å². The summed E-state index contributed by atoms with van der Waals surface area (Å²) in [5.74, 6) is 0. The number of rotatable bonds is 1. The SMILES string of the molecule is FC(F)(F)Cn1nnc2cc(Cl)ncc21. The molecule has 2 heterocycles. The minimum absolute atomic E-state index is 0.168. The molecule has 2 aromatic heterocycles. The zero-order valence-electron chi connectivity index (χ0n) is 7.16. The molecule has 0 saturated carbocycles. The zero-order valence-corrected chi connectivity index (χ0v) is 7.92. The lowest BCUT2D eigenvalue weighted by Gasteiger charge is -2.05. The van der Waals surface area contributed by atoms with Gasteiger partial charge in [-0.15, -0.1) is 5.10 Å². The van der Waals surface area contributed by atoms with E-state index in [0.717, 1.165) is 4.68 Å². The summed E-state index contributed by atoms with van der Waals surface area (Å²) in [6.07, 6.45) is -3.12. The lowest BCUT2D eigenvalue weighted by molar-refractivity contribution is -0.142. The molecule has 0 aliphatic carbocycles. The summed E-state index contributed by atoms with van der Waals surface area (Å²) in [7, 11) is 0. The van der Waals surface area contributed by atoms with Crippen LogP contribution in [0.5, 0.6) is 0 Å². The average Bonchev–Trinajstić information content (AvgIpc) is 2.45. The first-order chi connectivity index (χ1) is 6.96. The maximum atomic E-state index is 12.1. The fourth-order valence-corrected chi connectivity index (χ4v) is 1.28. The second-order valence-corrected chi connectivity index (χ2v) is 3.25. The molecule has 8 heteroatoms. The number of pyridine rings is 1. The molecule has 0 atom stereocenters. The van der Waals surface area contributed by atoms with Gasteiger partial charge in [-0.05, 0) is 0 Å². The number of fused-ring (bicyclic) bond motifs is 1. The first-order valence-electron chi connectivity index (χ1n) is 3.87. The molecule has 0 aliphatic heterocycles. The van der Waals surface area contributed by atoms with Crippen molar-refractivity contribution in [3.63, 3.8) is 0 Å². The molecule has 0 bridgehead atoms. The molecule has 0 fully saturated rings. The normalized spacial score (nSPS) is 12.3. The molecule has 2 rings (SSSR count). The molecule has 0 spiro atoms. The number of hydrogen-bond acceptors (Lipinski definition) is 3. The summed E-state index contributed by atoms with van der Waals surface area (Å²) in [6.45, 7) is -1.19. The van der Waals surface area contributed by atoms with Crippen LogP contribution < -0.4 is 0 Å². The third-order valence-corrected chi connectivity index (χ3v) is 1.90. The second-order valence-electron chi connectivity index (χ2n) is 2.86. The third kappa shape index (κ3) is 2.17.